The SMILES string of the molecule is CCCCCC(=O)N(Cc1ccccc1)C1CCN(Cc2ccc(Oc3ccc(C(=O)O)cc3)cc2)CC1. The van der Waals surface area contributed by atoms with Gasteiger partial charge in [-0.15, -0.1) is 0 Å². The second-order valence-corrected chi connectivity index (χ2v) is 10.0. The minimum Gasteiger partial charge on any atom is -0.478 e. The Labute approximate surface area is 225 Å². The van der Waals surface area contributed by atoms with Crippen LogP contribution in [-0.2, 0) is 17.9 Å². The van der Waals surface area contributed by atoms with E-state index >= 15 is 0 Å². The first-order chi connectivity index (χ1) is 18.5. The summed E-state index contributed by atoms with van der Waals surface area (Å²) in [5.41, 5.74) is 2.65. The van der Waals surface area contributed by atoms with Crippen LogP contribution in [0.5, 0.6) is 11.5 Å². The van der Waals surface area contributed by atoms with Gasteiger partial charge < -0.3 is 14.7 Å². The lowest BCUT2D eigenvalue weighted by Crippen LogP contribution is -2.46. The highest BCUT2D eigenvalue weighted by molar-refractivity contribution is 5.87. The summed E-state index contributed by atoms with van der Waals surface area (Å²) in [7, 11) is 0. The van der Waals surface area contributed by atoms with E-state index in [0.717, 1.165) is 51.7 Å². The van der Waals surface area contributed by atoms with Crippen molar-refractivity contribution < 1.29 is 19.4 Å². The minimum atomic E-state index is -0.951. The summed E-state index contributed by atoms with van der Waals surface area (Å²) in [5, 5.41) is 9.03. The van der Waals surface area contributed by atoms with Crippen LogP contribution in [0.25, 0.3) is 0 Å². The van der Waals surface area contributed by atoms with E-state index in [1.807, 2.05) is 30.3 Å². The summed E-state index contributed by atoms with van der Waals surface area (Å²) >= 11 is 0. The third kappa shape index (κ3) is 7.93. The molecule has 0 bridgehead atoms. The van der Waals surface area contributed by atoms with Gasteiger partial charge in [-0.3, -0.25) is 9.69 Å². The molecule has 1 heterocycles. The van der Waals surface area contributed by atoms with Gasteiger partial charge in [0.25, 0.3) is 0 Å². The van der Waals surface area contributed by atoms with Crippen LogP contribution in [0, 0.1) is 0 Å². The van der Waals surface area contributed by atoms with E-state index in [-0.39, 0.29) is 17.5 Å². The number of carboxylic acid groups (broad SMARTS) is 1. The number of nitrogens with zero attached hydrogens (tertiary/aromatic N) is 2. The van der Waals surface area contributed by atoms with Crippen molar-refractivity contribution in [2.24, 2.45) is 0 Å². The van der Waals surface area contributed by atoms with Gasteiger partial charge in [0.2, 0.25) is 5.91 Å². The van der Waals surface area contributed by atoms with Crippen LogP contribution in [0.1, 0.15) is 66.9 Å². The van der Waals surface area contributed by atoms with Gasteiger partial charge in [-0.2, -0.15) is 0 Å². The van der Waals surface area contributed by atoms with E-state index in [1.54, 1.807) is 12.1 Å². The zero-order chi connectivity index (χ0) is 26.7. The maximum absolute atomic E-state index is 13.2. The van der Waals surface area contributed by atoms with E-state index in [9.17, 15) is 9.59 Å². The number of ether oxygens (including phenoxy) is 1. The molecule has 3 aromatic rings. The standard InChI is InChI=1S/C32H38N2O4/c1-2-3-5-10-31(35)34(24-25-8-6-4-7-9-25)28-19-21-33(22-20-28)23-26-11-15-29(16-12-26)38-30-17-13-27(14-18-30)32(36)37/h4,6-9,11-18,28H,2-3,5,10,19-24H2,1H3,(H,36,37). The molecule has 0 spiro atoms. The zero-order valence-electron chi connectivity index (χ0n) is 22.2. The molecule has 0 radical (unpaired) electrons. The molecule has 200 valence electrons. The van der Waals surface area contributed by atoms with Crippen molar-refractivity contribution in [3.63, 3.8) is 0 Å². The van der Waals surface area contributed by atoms with Gasteiger partial charge in [0.15, 0.2) is 0 Å². The van der Waals surface area contributed by atoms with E-state index < -0.39 is 5.97 Å². The first-order valence-electron chi connectivity index (χ1n) is 13.7. The lowest BCUT2D eigenvalue weighted by Gasteiger charge is -2.39. The Balaban J connectivity index is 1.30. The molecular formula is C32H38N2O4. The fourth-order valence-corrected chi connectivity index (χ4v) is 4.98. The van der Waals surface area contributed by atoms with Crippen molar-refractivity contribution in [2.45, 2.75) is 64.6 Å². The largest absolute Gasteiger partial charge is 0.478 e. The molecule has 0 aliphatic carbocycles. The Morgan fingerprint density at radius 2 is 1.50 bits per heavy atom. The molecule has 1 amide bonds. The minimum absolute atomic E-state index is 0.237. The Hall–Kier alpha value is -3.64. The summed E-state index contributed by atoms with van der Waals surface area (Å²) in [6.07, 6.45) is 5.80. The second-order valence-electron chi connectivity index (χ2n) is 10.0. The summed E-state index contributed by atoms with van der Waals surface area (Å²) in [6.45, 7) is 5.66. The number of aromatic carboxylic acids is 1. The molecule has 6 nitrogen and oxygen atoms in total. The smallest absolute Gasteiger partial charge is 0.335 e. The van der Waals surface area contributed by atoms with Gasteiger partial charge in [-0.1, -0.05) is 62.2 Å². The summed E-state index contributed by atoms with van der Waals surface area (Å²) in [6, 6.07) is 25.1. The van der Waals surface area contributed by atoms with Crippen molar-refractivity contribution >= 4 is 11.9 Å². The monoisotopic (exact) mass is 514 g/mol. The van der Waals surface area contributed by atoms with Gasteiger partial charge in [-0.25, -0.2) is 4.79 Å². The summed E-state index contributed by atoms with van der Waals surface area (Å²) in [4.78, 5) is 28.8. The molecule has 6 heteroatoms. The number of unbranched alkanes of at least 4 members (excludes halogenated alkanes) is 2. The number of hydrogen-bond acceptors (Lipinski definition) is 4. The fourth-order valence-electron chi connectivity index (χ4n) is 4.98. The van der Waals surface area contributed by atoms with Crippen LogP contribution in [0.15, 0.2) is 78.9 Å². The van der Waals surface area contributed by atoms with E-state index in [2.05, 4.69) is 41.0 Å². The van der Waals surface area contributed by atoms with E-state index in [0.29, 0.717) is 24.5 Å². The zero-order valence-corrected chi connectivity index (χ0v) is 22.2. The quantitative estimate of drug-likeness (QED) is 0.271. The third-order valence-electron chi connectivity index (χ3n) is 7.17. The molecule has 38 heavy (non-hydrogen) atoms. The van der Waals surface area contributed by atoms with Crippen LogP contribution >= 0.6 is 0 Å². The topological polar surface area (TPSA) is 70.1 Å². The average molecular weight is 515 g/mol. The number of carbonyl (C=O) groups excluding carboxylic acids is 1. The van der Waals surface area contributed by atoms with Crippen LogP contribution in [-0.4, -0.2) is 45.9 Å². The number of amides is 1. The summed E-state index contributed by atoms with van der Waals surface area (Å²) < 4.78 is 5.86. The van der Waals surface area contributed by atoms with Gasteiger partial charge in [-0.05, 0) is 66.8 Å². The van der Waals surface area contributed by atoms with Crippen molar-refractivity contribution in [1.82, 2.24) is 9.80 Å². The predicted molar refractivity (Wildman–Crippen MR) is 149 cm³/mol. The molecule has 1 fully saturated rings. The number of likely N-dealkylation sites (tertiary alicyclic amines) is 1. The molecule has 0 atom stereocenters. The number of carboxylic acids is 1. The van der Waals surface area contributed by atoms with Crippen molar-refractivity contribution in [2.75, 3.05) is 13.1 Å². The molecule has 1 N–H and O–H groups in total. The number of carbonyl (C=O) groups is 2. The van der Waals surface area contributed by atoms with Crippen LogP contribution in [0.4, 0.5) is 0 Å². The Morgan fingerprint density at radius 3 is 2.11 bits per heavy atom. The fraction of sp³-hybridized carbons (Fsp3) is 0.375. The molecule has 4 rings (SSSR count). The highest BCUT2D eigenvalue weighted by Gasteiger charge is 2.27. The second kappa shape index (κ2) is 13.8. The van der Waals surface area contributed by atoms with Gasteiger partial charge in [0.1, 0.15) is 11.5 Å². The molecular weight excluding hydrogens is 476 g/mol. The normalized spacial score (nSPS) is 14.2. The number of rotatable bonds is 12. The highest BCUT2D eigenvalue weighted by atomic mass is 16.5. The number of piperidine rings is 1. The lowest BCUT2D eigenvalue weighted by atomic mass is 10.0. The molecule has 0 unspecified atom stereocenters. The maximum atomic E-state index is 13.2. The molecule has 1 saturated heterocycles. The Morgan fingerprint density at radius 1 is 0.868 bits per heavy atom. The Kier molecular flexibility index (Phi) is 9.93. The Bertz CT molecular complexity index is 1150. The molecule has 1 aliphatic rings. The number of benzene rings is 3. The van der Waals surface area contributed by atoms with E-state index in [1.165, 1.54) is 23.3 Å². The first-order valence-corrected chi connectivity index (χ1v) is 13.7. The lowest BCUT2D eigenvalue weighted by molar-refractivity contribution is -0.135. The van der Waals surface area contributed by atoms with Crippen molar-refractivity contribution in [1.29, 1.82) is 0 Å². The molecule has 0 aromatic heterocycles. The van der Waals surface area contributed by atoms with Gasteiger partial charge in [0, 0.05) is 38.6 Å². The summed E-state index contributed by atoms with van der Waals surface area (Å²) in [5.74, 6) is 0.657. The first kappa shape index (κ1) is 27.4. The maximum Gasteiger partial charge on any atom is 0.335 e. The predicted octanol–water partition coefficient (Wildman–Crippen LogP) is 6.75. The van der Waals surface area contributed by atoms with E-state index in [4.69, 9.17) is 9.84 Å². The van der Waals surface area contributed by atoms with Crippen LogP contribution in [0.2, 0.25) is 0 Å². The van der Waals surface area contributed by atoms with Gasteiger partial charge in [0.05, 0.1) is 5.56 Å². The van der Waals surface area contributed by atoms with Crippen LogP contribution in [0.3, 0.4) is 0 Å². The third-order valence-corrected chi connectivity index (χ3v) is 7.17. The molecule has 1 aliphatic heterocycles. The van der Waals surface area contributed by atoms with Crippen molar-refractivity contribution in [3.05, 3.63) is 95.6 Å². The average Bonchev–Trinajstić information content (AvgIpc) is 2.94. The molecule has 3 aromatic carbocycles. The number of hydrogen-bond donors (Lipinski definition) is 1. The van der Waals surface area contributed by atoms with Gasteiger partial charge >= 0.3 is 5.97 Å². The molecule has 0 saturated carbocycles. The highest BCUT2D eigenvalue weighted by Crippen LogP contribution is 2.25. The van der Waals surface area contributed by atoms with Crippen LogP contribution < -0.4 is 4.74 Å². The van der Waals surface area contributed by atoms with Crippen molar-refractivity contribution in [3.8, 4) is 11.5 Å².